The van der Waals surface area contributed by atoms with Gasteiger partial charge in [0.2, 0.25) is 0 Å². The van der Waals surface area contributed by atoms with Crippen molar-refractivity contribution in [2.24, 2.45) is 5.84 Å². The van der Waals surface area contributed by atoms with Crippen LogP contribution in [-0.4, -0.2) is 19.7 Å². The van der Waals surface area contributed by atoms with Crippen LogP contribution in [0.1, 0.15) is 10.4 Å². The van der Waals surface area contributed by atoms with Gasteiger partial charge >= 0.3 is 5.97 Å². The van der Waals surface area contributed by atoms with Crippen LogP contribution in [0.25, 0.3) is 0 Å². The number of nitrogens with two attached hydrogens (primary N) is 1. The van der Waals surface area contributed by atoms with E-state index in [0.717, 1.165) is 5.69 Å². The first-order valence-electron chi connectivity index (χ1n) is 4.13. The van der Waals surface area contributed by atoms with Crippen molar-refractivity contribution in [1.29, 1.82) is 0 Å². The van der Waals surface area contributed by atoms with E-state index in [1.54, 1.807) is 24.3 Å². The number of carbonyl (C=O) groups is 1. The number of esters is 1. The summed E-state index contributed by atoms with van der Waals surface area (Å²) in [4.78, 5) is 11.1. The molecule has 0 heterocycles. The topological polar surface area (TPSA) is 76.4 Å². The Kier molecular flexibility index (Phi) is 3.90. The average Bonchev–Trinajstić information content (AvgIpc) is 2.26. The number of benzene rings is 1. The van der Waals surface area contributed by atoms with Crippen molar-refractivity contribution >= 4 is 11.7 Å². The molecule has 0 atom stereocenters. The molecule has 0 aromatic heterocycles. The molecule has 0 spiro atoms. The number of rotatable bonds is 4. The smallest absolute Gasteiger partial charge is 0.337 e. The largest absolute Gasteiger partial charge is 0.465 e. The van der Waals surface area contributed by atoms with Gasteiger partial charge in [-0.2, -0.15) is 0 Å². The highest BCUT2D eigenvalue weighted by Gasteiger charge is 2.03. The molecule has 0 fully saturated rings. The van der Waals surface area contributed by atoms with Crippen LogP contribution in [0.4, 0.5) is 5.69 Å². The van der Waals surface area contributed by atoms with E-state index in [-0.39, 0.29) is 5.97 Å². The minimum absolute atomic E-state index is 0.339. The lowest BCUT2D eigenvalue weighted by Crippen LogP contribution is -2.28. The van der Waals surface area contributed by atoms with Crippen LogP contribution < -0.4 is 16.6 Å². The molecule has 5 nitrogen and oxygen atoms in total. The molecule has 0 aliphatic rings. The van der Waals surface area contributed by atoms with E-state index in [9.17, 15) is 4.79 Å². The number of nitrogens with one attached hydrogen (secondary N) is 2. The van der Waals surface area contributed by atoms with Gasteiger partial charge in [-0.05, 0) is 24.3 Å². The summed E-state index contributed by atoms with van der Waals surface area (Å²) in [5, 5.41) is 2.99. The molecule has 1 rings (SSSR count). The van der Waals surface area contributed by atoms with E-state index in [1.807, 2.05) is 0 Å². The van der Waals surface area contributed by atoms with Gasteiger partial charge in [0.15, 0.2) is 0 Å². The van der Waals surface area contributed by atoms with Crippen LogP contribution in [0.2, 0.25) is 0 Å². The molecule has 76 valence electrons. The molecule has 5 heteroatoms. The summed E-state index contributed by atoms with van der Waals surface area (Å²) in [6.45, 7) is 0.470. The molecule has 1 aromatic rings. The van der Waals surface area contributed by atoms with Gasteiger partial charge in [0.05, 0.1) is 19.3 Å². The first-order chi connectivity index (χ1) is 6.77. The molecule has 14 heavy (non-hydrogen) atoms. The Morgan fingerprint density at radius 1 is 1.43 bits per heavy atom. The maximum absolute atomic E-state index is 11.1. The summed E-state index contributed by atoms with van der Waals surface area (Å²) >= 11 is 0. The summed E-state index contributed by atoms with van der Waals surface area (Å²) in [5.74, 6) is 4.75. The van der Waals surface area contributed by atoms with E-state index in [1.165, 1.54) is 7.11 Å². The lowest BCUT2D eigenvalue weighted by atomic mass is 10.2. The number of carbonyl (C=O) groups excluding carboxylic acids is 1. The summed E-state index contributed by atoms with van der Waals surface area (Å²) in [7, 11) is 1.35. The van der Waals surface area contributed by atoms with E-state index >= 15 is 0 Å². The fraction of sp³-hybridized carbons (Fsp3) is 0.222. The van der Waals surface area contributed by atoms with E-state index < -0.39 is 0 Å². The molecule has 4 N–H and O–H groups in total. The summed E-state index contributed by atoms with van der Waals surface area (Å²) in [6.07, 6.45) is 0. The van der Waals surface area contributed by atoms with E-state index in [2.05, 4.69) is 15.5 Å². The number of hydrazine groups is 1. The van der Waals surface area contributed by atoms with Crippen molar-refractivity contribution in [3.8, 4) is 0 Å². The number of methoxy groups -OCH3 is 1. The predicted octanol–water partition coefficient (Wildman–Crippen LogP) is 0.306. The molecule has 0 unspecified atom stereocenters. The van der Waals surface area contributed by atoms with Gasteiger partial charge in [-0.1, -0.05) is 0 Å². The van der Waals surface area contributed by atoms with Crippen LogP contribution in [0.3, 0.4) is 0 Å². The van der Waals surface area contributed by atoms with Crippen LogP contribution in [-0.2, 0) is 4.74 Å². The number of anilines is 1. The Balaban J connectivity index is 2.63. The lowest BCUT2D eigenvalue weighted by Gasteiger charge is -2.05. The predicted molar refractivity (Wildman–Crippen MR) is 53.6 cm³/mol. The van der Waals surface area contributed by atoms with Crippen LogP contribution in [0.5, 0.6) is 0 Å². The van der Waals surface area contributed by atoms with Gasteiger partial charge in [0, 0.05) is 5.69 Å². The third-order valence-electron chi connectivity index (χ3n) is 1.70. The first kappa shape index (κ1) is 10.5. The normalized spacial score (nSPS) is 9.57. The Morgan fingerprint density at radius 3 is 2.57 bits per heavy atom. The van der Waals surface area contributed by atoms with Crippen molar-refractivity contribution in [3.05, 3.63) is 29.8 Å². The zero-order chi connectivity index (χ0) is 10.4. The Bertz CT molecular complexity index is 297. The second-order valence-electron chi connectivity index (χ2n) is 2.63. The molecule has 0 bridgehead atoms. The Morgan fingerprint density at radius 2 is 2.07 bits per heavy atom. The molecule has 0 aliphatic heterocycles. The van der Waals surface area contributed by atoms with E-state index in [0.29, 0.717) is 12.2 Å². The molecule has 0 aliphatic carbocycles. The van der Waals surface area contributed by atoms with Crippen LogP contribution >= 0.6 is 0 Å². The molecule has 0 saturated carbocycles. The van der Waals surface area contributed by atoms with Crippen LogP contribution in [0.15, 0.2) is 24.3 Å². The van der Waals surface area contributed by atoms with Gasteiger partial charge < -0.3 is 10.1 Å². The highest BCUT2D eigenvalue weighted by atomic mass is 16.5. The van der Waals surface area contributed by atoms with Crippen molar-refractivity contribution in [1.82, 2.24) is 5.43 Å². The standard InChI is InChI=1S/C9H13N3O2/c1-14-9(13)7-2-4-8(5-3-7)11-6-12-10/h2-5,11-12H,6,10H2,1H3. The lowest BCUT2D eigenvalue weighted by molar-refractivity contribution is 0.0601. The maximum atomic E-state index is 11.1. The SMILES string of the molecule is COC(=O)c1ccc(NCNN)cc1. The van der Waals surface area contributed by atoms with Crippen molar-refractivity contribution in [3.63, 3.8) is 0 Å². The first-order valence-corrected chi connectivity index (χ1v) is 4.13. The quantitative estimate of drug-likeness (QED) is 0.279. The molecule has 1 aromatic carbocycles. The van der Waals surface area contributed by atoms with Crippen molar-refractivity contribution in [2.45, 2.75) is 0 Å². The maximum Gasteiger partial charge on any atom is 0.337 e. The Labute approximate surface area is 82.2 Å². The molecule has 0 radical (unpaired) electrons. The highest BCUT2D eigenvalue weighted by Crippen LogP contribution is 2.09. The van der Waals surface area contributed by atoms with E-state index in [4.69, 9.17) is 5.84 Å². The summed E-state index contributed by atoms with van der Waals surface area (Å²) in [6, 6.07) is 6.93. The van der Waals surface area contributed by atoms with Gasteiger partial charge in [0.25, 0.3) is 0 Å². The third kappa shape index (κ3) is 2.72. The average molecular weight is 195 g/mol. The minimum atomic E-state index is -0.339. The number of hydrogen-bond acceptors (Lipinski definition) is 5. The second-order valence-corrected chi connectivity index (χ2v) is 2.63. The molecular weight excluding hydrogens is 182 g/mol. The van der Waals surface area contributed by atoms with Gasteiger partial charge in [-0.25, -0.2) is 10.2 Å². The van der Waals surface area contributed by atoms with Crippen molar-refractivity contribution < 1.29 is 9.53 Å². The Hall–Kier alpha value is -1.59. The zero-order valence-corrected chi connectivity index (χ0v) is 7.91. The van der Waals surface area contributed by atoms with Crippen molar-refractivity contribution in [2.75, 3.05) is 19.1 Å². The molecule has 0 amide bonds. The summed E-state index contributed by atoms with van der Waals surface area (Å²) in [5.41, 5.74) is 3.87. The minimum Gasteiger partial charge on any atom is -0.465 e. The highest BCUT2D eigenvalue weighted by molar-refractivity contribution is 5.89. The van der Waals surface area contributed by atoms with Gasteiger partial charge in [-0.15, -0.1) is 0 Å². The second kappa shape index (κ2) is 5.21. The summed E-state index contributed by atoms with van der Waals surface area (Å²) < 4.78 is 4.57. The monoisotopic (exact) mass is 195 g/mol. The molecule has 0 saturated heterocycles. The molecular formula is C9H13N3O2. The third-order valence-corrected chi connectivity index (χ3v) is 1.70. The number of ether oxygens (including phenoxy) is 1. The fourth-order valence-electron chi connectivity index (χ4n) is 0.995. The van der Waals surface area contributed by atoms with Crippen LogP contribution in [0, 0.1) is 0 Å². The van der Waals surface area contributed by atoms with Gasteiger partial charge in [0.1, 0.15) is 0 Å². The number of hydrogen-bond donors (Lipinski definition) is 3. The van der Waals surface area contributed by atoms with Gasteiger partial charge in [-0.3, -0.25) is 5.84 Å². The zero-order valence-electron chi connectivity index (χ0n) is 7.91. The fourth-order valence-corrected chi connectivity index (χ4v) is 0.995.